The van der Waals surface area contributed by atoms with Crippen LogP contribution in [-0.4, -0.2) is 11.9 Å². The van der Waals surface area contributed by atoms with Crippen LogP contribution in [0.15, 0.2) is 48.5 Å². The number of nitrogens with one attached hydrogen (secondary N) is 3. The van der Waals surface area contributed by atoms with Crippen molar-refractivity contribution in [2.75, 3.05) is 5.32 Å². The summed E-state index contributed by atoms with van der Waals surface area (Å²) in [5.41, 5.74) is 4.14. The number of aryl methyl sites for hydroxylation is 1. The summed E-state index contributed by atoms with van der Waals surface area (Å²) in [5, 5.41) is 8.88. The Morgan fingerprint density at radius 2 is 1.39 bits per heavy atom. The van der Waals surface area contributed by atoms with Gasteiger partial charge in [0, 0.05) is 11.6 Å². The quantitative estimate of drug-likeness (QED) is 0.651. The van der Waals surface area contributed by atoms with E-state index in [0.29, 0.717) is 0 Å². The Balaban J connectivity index is 1.50. The molecule has 0 aromatic heterocycles. The summed E-state index contributed by atoms with van der Waals surface area (Å²) in [7, 11) is 0. The molecule has 1 saturated carbocycles. The summed E-state index contributed by atoms with van der Waals surface area (Å²) in [6, 6.07) is 15.5. The van der Waals surface area contributed by atoms with Gasteiger partial charge in [-0.05, 0) is 61.9 Å². The highest BCUT2D eigenvalue weighted by molar-refractivity contribution is 5.94. The molecule has 3 N–H and O–H groups in total. The first-order valence-corrected chi connectivity index (χ1v) is 10.0. The maximum Gasteiger partial charge on any atom is 0.315 e. The minimum Gasteiger partial charge on any atom is -0.332 e. The number of hydrogen-bond acceptors (Lipinski definition) is 2. The zero-order valence-corrected chi connectivity index (χ0v) is 16.8. The van der Waals surface area contributed by atoms with E-state index in [1.165, 1.54) is 5.56 Å². The van der Waals surface area contributed by atoms with Gasteiger partial charge < -0.3 is 16.0 Å². The first-order chi connectivity index (χ1) is 13.5. The number of urea groups is 1. The second-order valence-corrected chi connectivity index (χ2v) is 7.54. The van der Waals surface area contributed by atoms with Gasteiger partial charge in [-0.1, -0.05) is 43.3 Å². The number of carbonyl (C=O) groups is 2. The number of hydrogen-bond donors (Lipinski definition) is 3. The summed E-state index contributed by atoms with van der Waals surface area (Å²) >= 11 is 0. The Hall–Kier alpha value is -2.82. The van der Waals surface area contributed by atoms with E-state index < -0.39 is 0 Å². The molecule has 5 heteroatoms. The van der Waals surface area contributed by atoms with Gasteiger partial charge in [-0.15, -0.1) is 0 Å². The van der Waals surface area contributed by atoms with E-state index >= 15 is 0 Å². The average molecular weight is 380 g/mol. The summed E-state index contributed by atoms with van der Waals surface area (Å²) in [4.78, 5) is 24.2. The molecular weight excluding hydrogens is 350 g/mol. The normalized spacial score (nSPS) is 15.4. The van der Waals surface area contributed by atoms with E-state index in [0.717, 1.165) is 36.1 Å². The lowest BCUT2D eigenvalue weighted by molar-refractivity contribution is -0.117. The SMILES string of the molecule is CCc1ccc(C(C)NC(=O)NC(C)c2ccc(NC(=O)C3CC3)cc2)cc1. The van der Waals surface area contributed by atoms with Crippen LogP contribution < -0.4 is 16.0 Å². The van der Waals surface area contributed by atoms with Crippen LogP contribution in [0.25, 0.3) is 0 Å². The molecule has 3 amide bonds. The lowest BCUT2D eigenvalue weighted by Gasteiger charge is -2.19. The number of amides is 3. The Labute approximate surface area is 166 Å². The van der Waals surface area contributed by atoms with Crippen molar-refractivity contribution < 1.29 is 9.59 Å². The zero-order valence-electron chi connectivity index (χ0n) is 16.8. The molecule has 0 bridgehead atoms. The molecule has 0 aliphatic heterocycles. The molecule has 1 fully saturated rings. The van der Waals surface area contributed by atoms with Crippen LogP contribution in [0, 0.1) is 5.92 Å². The number of rotatable bonds is 7. The maximum atomic E-state index is 12.3. The minimum absolute atomic E-state index is 0.0712. The summed E-state index contributed by atoms with van der Waals surface area (Å²) in [6.45, 7) is 6.04. The van der Waals surface area contributed by atoms with Gasteiger partial charge in [0.1, 0.15) is 0 Å². The van der Waals surface area contributed by atoms with Crippen molar-refractivity contribution in [1.29, 1.82) is 0 Å². The Morgan fingerprint density at radius 1 is 0.893 bits per heavy atom. The van der Waals surface area contributed by atoms with Crippen LogP contribution in [0.4, 0.5) is 10.5 Å². The van der Waals surface area contributed by atoms with Crippen LogP contribution in [0.2, 0.25) is 0 Å². The highest BCUT2D eigenvalue weighted by atomic mass is 16.2. The van der Waals surface area contributed by atoms with Gasteiger partial charge in [0.05, 0.1) is 12.1 Å². The van der Waals surface area contributed by atoms with E-state index in [-0.39, 0.29) is 29.9 Å². The van der Waals surface area contributed by atoms with Crippen molar-refractivity contribution in [2.45, 2.75) is 52.1 Å². The van der Waals surface area contributed by atoms with Gasteiger partial charge in [-0.2, -0.15) is 0 Å². The molecule has 0 saturated heterocycles. The van der Waals surface area contributed by atoms with Crippen molar-refractivity contribution >= 4 is 17.6 Å². The molecule has 5 nitrogen and oxygen atoms in total. The lowest BCUT2D eigenvalue weighted by Crippen LogP contribution is -2.38. The van der Waals surface area contributed by atoms with E-state index in [9.17, 15) is 9.59 Å². The van der Waals surface area contributed by atoms with Crippen molar-refractivity contribution in [3.63, 3.8) is 0 Å². The summed E-state index contributed by atoms with van der Waals surface area (Å²) < 4.78 is 0. The highest BCUT2D eigenvalue weighted by Gasteiger charge is 2.29. The highest BCUT2D eigenvalue weighted by Crippen LogP contribution is 2.30. The van der Waals surface area contributed by atoms with Crippen LogP contribution >= 0.6 is 0 Å². The average Bonchev–Trinajstić information content (AvgIpc) is 3.54. The first kappa shape index (κ1) is 19.9. The predicted molar refractivity (Wildman–Crippen MR) is 112 cm³/mol. The van der Waals surface area contributed by atoms with E-state index in [1.807, 2.05) is 38.1 Å². The fourth-order valence-electron chi connectivity index (χ4n) is 3.09. The van der Waals surface area contributed by atoms with Gasteiger partial charge in [0.25, 0.3) is 0 Å². The predicted octanol–water partition coefficient (Wildman–Crippen LogP) is 4.72. The molecule has 0 spiro atoms. The fourth-order valence-corrected chi connectivity index (χ4v) is 3.09. The third-order valence-corrected chi connectivity index (χ3v) is 5.21. The molecule has 1 aliphatic rings. The summed E-state index contributed by atoms with van der Waals surface area (Å²) in [5.74, 6) is 0.281. The number of carbonyl (C=O) groups excluding carboxylic acids is 2. The number of anilines is 1. The zero-order chi connectivity index (χ0) is 20.1. The van der Waals surface area contributed by atoms with Gasteiger partial charge in [-0.3, -0.25) is 4.79 Å². The molecule has 2 unspecified atom stereocenters. The monoisotopic (exact) mass is 379 g/mol. The Bertz CT molecular complexity index is 811. The molecule has 0 radical (unpaired) electrons. The first-order valence-electron chi connectivity index (χ1n) is 10.0. The molecule has 0 heterocycles. The molecule has 148 valence electrons. The molecule has 2 aromatic rings. The van der Waals surface area contributed by atoms with Gasteiger partial charge in [0.15, 0.2) is 0 Å². The molecule has 2 aromatic carbocycles. The second-order valence-electron chi connectivity index (χ2n) is 7.54. The van der Waals surface area contributed by atoms with Crippen LogP contribution in [0.3, 0.4) is 0 Å². The summed E-state index contributed by atoms with van der Waals surface area (Å²) in [6.07, 6.45) is 2.98. The lowest BCUT2D eigenvalue weighted by atomic mass is 10.1. The molecular formula is C23H29N3O2. The van der Waals surface area contributed by atoms with Crippen molar-refractivity contribution in [1.82, 2.24) is 10.6 Å². The second kappa shape index (κ2) is 8.91. The van der Waals surface area contributed by atoms with Crippen molar-refractivity contribution in [3.05, 3.63) is 65.2 Å². The smallest absolute Gasteiger partial charge is 0.315 e. The van der Waals surface area contributed by atoms with Gasteiger partial charge in [0.2, 0.25) is 5.91 Å². The van der Waals surface area contributed by atoms with E-state index in [2.05, 4.69) is 47.1 Å². The molecule has 1 aliphatic carbocycles. The molecule has 28 heavy (non-hydrogen) atoms. The van der Waals surface area contributed by atoms with Gasteiger partial charge in [-0.25, -0.2) is 4.79 Å². The Morgan fingerprint density at radius 3 is 1.86 bits per heavy atom. The molecule has 3 rings (SSSR count). The van der Waals surface area contributed by atoms with Crippen LogP contribution in [-0.2, 0) is 11.2 Å². The Kier molecular flexibility index (Phi) is 6.34. The number of benzene rings is 2. The largest absolute Gasteiger partial charge is 0.332 e. The van der Waals surface area contributed by atoms with Crippen LogP contribution in [0.5, 0.6) is 0 Å². The minimum atomic E-state index is -0.203. The maximum absolute atomic E-state index is 12.3. The van der Waals surface area contributed by atoms with Crippen molar-refractivity contribution in [3.8, 4) is 0 Å². The van der Waals surface area contributed by atoms with Crippen LogP contribution in [0.1, 0.15) is 62.4 Å². The topological polar surface area (TPSA) is 70.2 Å². The van der Waals surface area contributed by atoms with Crippen molar-refractivity contribution in [2.24, 2.45) is 5.92 Å². The van der Waals surface area contributed by atoms with Gasteiger partial charge >= 0.3 is 6.03 Å². The van der Waals surface area contributed by atoms with E-state index in [4.69, 9.17) is 0 Å². The fraction of sp³-hybridized carbons (Fsp3) is 0.391. The third-order valence-electron chi connectivity index (χ3n) is 5.21. The molecule has 2 atom stereocenters. The standard InChI is InChI=1S/C23H29N3O2/c1-4-17-5-7-18(8-6-17)15(2)24-23(28)25-16(3)19-11-13-21(14-12-19)26-22(27)20-9-10-20/h5-8,11-16,20H,4,9-10H2,1-3H3,(H,26,27)(H2,24,25,28). The van der Waals surface area contributed by atoms with E-state index in [1.54, 1.807) is 0 Å². The third kappa shape index (κ3) is 5.35.